The summed E-state index contributed by atoms with van der Waals surface area (Å²) in [6.45, 7) is 6.21. The summed E-state index contributed by atoms with van der Waals surface area (Å²) in [5.41, 5.74) is 8.96. The van der Waals surface area contributed by atoms with Gasteiger partial charge in [0.15, 0.2) is 0 Å². The fraction of sp³-hybridized carbons (Fsp3) is 0.368. The molecule has 2 aliphatic rings. The molecule has 102 valence electrons. The second-order valence-electron chi connectivity index (χ2n) is 6.24. The lowest BCUT2D eigenvalue weighted by Crippen LogP contribution is -2.33. The highest BCUT2D eigenvalue weighted by atomic mass is 16.5. The van der Waals surface area contributed by atoms with Gasteiger partial charge in [0.1, 0.15) is 0 Å². The van der Waals surface area contributed by atoms with Crippen LogP contribution in [0.4, 0.5) is 0 Å². The number of benzene rings is 2. The van der Waals surface area contributed by atoms with Gasteiger partial charge < -0.3 is 4.74 Å². The van der Waals surface area contributed by atoms with Gasteiger partial charge in [-0.2, -0.15) is 0 Å². The third kappa shape index (κ3) is 1.47. The number of aryl methyl sites for hydroxylation is 2. The SMILES string of the molecule is Cc1ccc2c(c1)C1(CCOCC1)c1c(C)cccc1-2. The molecule has 1 saturated heterocycles. The molecule has 0 unspecified atom stereocenters. The van der Waals surface area contributed by atoms with E-state index in [1.165, 1.54) is 27.8 Å². The van der Waals surface area contributed by atoms with Crippen molar-refractivity contribution in [2.75, 3.05) is 13.2 Å². The van der Waals surface area contributed by atoms with Crippen LogP contribution in [0.3, 0.4) is 0 Å². The standard InChI is InChI=1S/C19H20O/c1-13-6-7-15-16-5-3-4-14(2)18(16)19(17(15)12-13)8-10-20-11-9-19/h3-7,12H,8-11H2,1-2H3. The predicted octanol–water partition coefficient (Wildman–Crippen LogP) is 4.38. The average molecular weight is 264 g/mol. The van der Waals surface area contributed by atoms with Crippen molar-refractivity contribution in [1.82, 2.24) is 0 Å². The van der Waals surface area contributed by atoms with Crippen LogP contribution in [-0.4, -0.2) is 13.2 Å². The van der Waals surface area contributed by atoms with Crippen LogP contribution in [-0.2, 0) is 10.2 Å². The molecule has 2 aromatic carbocycles. The van der Waals surface area contributed by atoms with Gasteiger partial charge in [-0.15, -0.1) is 0 Å². The minimum absolute atomic E-state index is 0.195. The Bertz CT molecular complexity index is 678. The third-order valence-electron chi connectivity index (χ3n) is 5.08. The fourth-order valence-electron chi connectivity index (χ4n) is 4.19. The minimum Gasteiger partial charge on any atom is -0.381 e. The molecule has 4 rings (SSSR count). The number of hydrogen-bond acceptors (Lipinski definition) is 1. The highest BCUT2D eigenvalue weighted by Crippen LogP contribution is 2.54. The number of hydrogen-bond donors (Lipinski definition) is 0. The van der Waals surface area contributed by atoms with Crippen LogP contribution < -0.4 is 0 Å². The first-order valence-corrected chi connectivity index (χ1v) is 7.52. The summed E-state index contributed by atoms with van der Waals surface area (Å²) in [4.78, 5) is 0. The van der Waals surface area contributed by atoms with E-state index in [-0.39, 0.29) is 5.41 Å². The second-order valence-corrected chi connectivity index (χ2v) is 6.24. The van der Waals surface area contributed by atoms with Gasteiger partial charge in [0.2, 0.25) is 0 Å². The van der Waals surface area contributed by atoms with E-state index in [2.05, 4.69) is 50.2 Å². The Morgan fingerprint density at radius 3 is 2.55 bits per heavy atom. The molecule has 20 heavy (non-hydrogen) atoms. The van der Waals surface area contributed by atoms with Crippen molar-refractivity contribution in [3.8, 4) is 11.1 Å². The van der Waals surface area contributed by atoms with E-state index in [0.29, 0.717) is 0 Å². The third-order valence-corrected chi connectivity index (χ3v) is 5.08. The maximum atomic E-state index is 5.66. The highest BCUT2D eigenvalue weighted by molar-refractivity contribution is 5.82. The van der Waals surface area contributed by atoms with Crippen molar-refractivity contribution < 1.29 is 4.74 Å². The van der Waals surface area contributed by atoms with Gasteiger partial charge in [-0.1, -0.05) is 42.0 Å². The van der Waals surface area contributed by atoms with Crippen LogP contribution in [0.1, 0.15) is 35.1 Å². The Kier molecular flexibility index (Phi) is 2.55. The van der Waals surface area contributed by atoms with Gasteiger partial charge >= 0.3 is 0 Å². The first-order valence-electron chi connectivity index (χ1n) is 7.52. The van der Waals surface area contributed by atoms with E-state index in [1.807, 2.05) is 0 Å². The molecule has 1 nitrogen and oxygen atoms in total. The Morgan fingerprint density at radius 1 is 0.950 bits per heavy atom. The van der Waals surface area contributed by atoms with Crippen LogP contribution in [0.25, 0.3) is 11.1 Å². The summed E-state index contributed by atoms with van der Waals surface area (Å²) in [5.74, 6) is 0. The van der Waals surface area contributed by atoms with E-state index >= 15 is 0 Å². The van der Waals surface area contributed by atoms with E-state index in [1.54, 1.807) is 5.56 Å². The van der Waals surface area contributed by atoms with E-state index in [4.69, 9.17) is 4.74 Å². The first kappa shape index (κ1) is 12.2. The van der Waals surface area contributed by atoms with Gasteiger partial charge in [0.25, 0.3) is 0 Å². The molecule has 2 aromatic rings. The summed E-state index contributed by atoms with van der Waals surface area (Å²) < 4.78 is 5.66. The Labute approximate surface area is 120 Å². The largest absolute Gasteiger partial charge is 0.381 e. The zero-order chi connectivity index (χ0) is 13.7. The molecule has 0 amide bonds. The predicted molar refractivity (Wildman–Crippen MR) is 82.2 cm³/mol. The molecular formula is C19H20O. The van der Waals surface area contributed by atoms with Gasteiger partial charge in [0.05, 0.1) is 0 Å². The average Bonchev–Trinajstić information content (AvgIpc) is 2.72. The summed E-state index contributed by atoms with van der Waals surface area (Å²) in [7, 11) is 0. The van der Waals surface area contributed by atoms with Crippen molar-refractivity contribution in [3.05, 3.63) is 58.7 Å². The van der Waals surface area contributed by atoms with Crippen molar-refractivity contribution in [2.45, 2.75) is 32.1 Å². The van der Waals surface area contributed by atoms with E-state index in [0.717, 1.165) is 26.1 Å². The summed E-state index contributed by atoms with van der Waals surface area (Å²) >= 11 is 0. The molecule has 1 aliphatic carbocycles. The van der Waals surface area contributed by atoms with Gasteiger partial charge in [0, 0.05) is 18.6 Å². The highest BCUT2D eigenvalue weighted by Gasteiger charge is 2.44. The van der Waals surface area contributed by atoms with Crippen LogP contribution in [0.5, 0.6) is 0 Å². The quantitative estimate of drug-likeness (QED) is 0.686. The lowest BCUT2D eigenvalue weighted by molar-refractivity contribution is 0.0642. The number of fused-ring (bicyclic) bond motifs is 5. The molecule has 0 bridgehead atoms. The van der Waals surface area contributed by atoms with Crippen LogP contribution in [0.2, 0.25) is 0 Å². The Balaban J connectivity index is 2.06. The molecule has 1 heterocycles. The van der Waals surface area contributed by atoms with Crippen molar-refractivity contribution >= 4 is 0 Å². The molecule has 0 atom stereocenters. The maximum Gasteiger partial charge on any atom is 0.0477 e. The first-order chi connectivity index (χ1) is 9.72. The lowest BCUT2D eigenvalue weighted by atomic mass is 9.71. The topological polar surface area (TPSA) is 9.23 Å². The van der Waals surface area contributed by atoms with Gasteiger partial charge in [-0.3, -0.25) is 0 Å². The molecule has 1 fully saturated rings. The Hall–Kier alpha value is -1.60. The van der Waals surface area contributed by atoms with Crippen LogP contribution >= 0.6 is 0 Å². The van der Waals surface area contributed by atoms with Crippen LogP contribution in [0.15, 0.2) is 36.4 Å². The van der Waals surface area contributed by atoms with Crippen molar-refractivity contribution in [2.24, 2.45) is 0 Å². The molecular weight excluding hydrogens is 244 g/mol. The normalized spacial score (nSPS) is 18.9. The van der Waals surface area contributed by atoms with Crippen molar-refractivity contribution in [3.63, 3.8) is 0 Å². The summed E-state index contributed by atoms with van der Waals surface area (Å²) in [6, 6.07) is 13.7. The second kappa shape index (κ2) is 4.20. The zero-order valence-corrected chi connectivity index (χ0v) is 12.2. The lowest BCUT2D eigenvalue weighted by Gasteiger charge is -2.36. The van der Waals surface area contributed by atoms with Crippen molar-refractivity contribution in [1.29, 1.82) is 0 Å². The Morgan fingerprint density at radius 2 is 1.75 bits per heavy atom. The summed E-state index contributed by atoms with van der Waals surface area (Å²) in [6.07, 6.45) is 2.22. The van der Waals surface area contributed by atoms with Crippen LogP contribution in [0, 0.1) is 13.8 Å². The monoisotopic (exact) mass is 264 g/mol. The zero-order valence-electron chi connectivity index (χ0n) is 12.2. The molecule has 0 radical (unpaired) electrons. The molecule has 0 saturated carbocycles. The number of ether oxygens (including phenoxy) is 1. The van der Waals surface area contributed by atoms with Gasteiger partial charge in [-0.25, -0.2) is 0 Å². The maximum absolute atomic E-state index is 5.66. The molecule has 1 heteroatoms. The number of rotatable bonds is 0. The molecule has 1 spiro atoms. The molecule has 0 N–H and O–H groups in total. The van der Waals surface area contributed by atoms with E-state index < -0.39 is 0 Å². The fourth-order valence-corrected chi connectivity index (χ4v) is 4.19. The van der Waals surface area contributed by atoms with E-state index in [9.17, 15) is 0 Å². The molecule has 1 aliphatic heterocycles. The van der Waals surface area contributed by atoms with Gasteiger partial charge in [-0.05, 0) is 54.5 Å². The molecule has 0 aromatic heterocycles. The smallest absolute Gasteiger partial charge is 0.0477 e. The summed E-state index contributed by atoms with van der Waals surface area (Å²) in [5, 5.41) is 0. The minimum atomic E-state index is 0.195.